The number of nitriles is 1. The number of hydrogen-bond donors (Lipinski definition) is 2. The first-order valence-corrected chi connectivity index (χ1v) is 6.58. The minimum Gasteiger partial charge on any atom is -0.399 e. The van der Waals surface area contributed by atoms with Gasteiger partial charge in [-0.25, -0.2) is 4.79 Å². The Kier molecular flexibility index (Phi) is 4.42. The Labute approximate surface area is 123 Å². The molecule has 0 aromatic heterocycles. The fourth-order valence-corrected chi connectivity index (χ4v) is 1.96. The molecule has 0 aliphatic rings. The van der Waals surface area contributed by atoms with Crippen LogP contribution in [0.4, 0.5) is 21.9 Å². The van der Waals surface area contributed by atoms with Gasteiger partial charge in [-0.15, -0.1) is 0 Å². The van der Waals surface area contributed by atoms with Crippen LogP contribution in [0.5, 0.6) is 0 Å². The van der Waals surface area contributed by atoms with Crippen molar-refractivity contribution in [2.24, 2.45) is 0 Å². The number of urea groups is 1. The average Bonchev–Trinajstić information content (AvgIpc) is 2.49. The van der Waals surface area contributed by atoms with E-state index in [9.17, 15) is 4.79 Å². The molecule has 0 aliphatic heterocycles. The van der Waals surface area contributed by atoms with Crippen molar-refractivity contribution in [3.63, 3.8) is 0 Å². The van der Waals surface area contributed by atoms with Crippen molar-refractivity contribution < 1.29 is 4.79 Å². The summed E-state index contributed by atoms with van der Waals surface area (Å²) in [5.41, 5.74) is 8.29. The summed E-state index contributed by atoms with van der Waals surface area (Å²) in [5, 5.41) is 11.6. The van der Waals surface area contributed by atoms with Gasteiger partial charge in [0, 0.05) is 23.6 Å². The van der Waals surface area contributed by atoms with Crippen LogP contribution in [0, 0.1) is 11.3 Å². The van der Waals surface area contributed by atoms with Gasteiger partial charge in [-0.1, -0.05) is 6.07 Å². The van der Waals surface area contributed by atoms with Crippen LogP contribution in [0.15, 0.2) is 48.5 Å². The lowest BCUT2D eigenvalue weighted by molar-refractivity contribution is 0.257. The van der Waals surface area contributed by atoms with Gasteiger partial charge in [0.05, 0.1) is 11.6 Å². The standard InChI is InChI=1S/C16H16N4O/c1-2-20(15-5-3-4-13(18)10-15)16(21)19-14-8-6-12(11-17)7-9-14/h3-10H,2,18H2,1H3,(H,19,21). The Morgan fingerprint density at radius 3 is 2.57 bits per heavy atom. The molecule has 2 aromatic carbocycles. The zero-order chi connectivity index (χ0) is 15.2. The number of nitrogen functional groups attached to an aromatic ring is 1. The minimum atomic E-state index is -0.243. The maximum Gasteiger partial charge on any atom is 0.326 e. The van der Waals surface area contributed by atoms with Gasteiger partial charge in [-0.05, 0) is 49.4 Å². The number of hydrogen-bond acceptors (Lipinski definition) is 3. The highest BCUT2D eigenvalue weighted by atomic mass is 16.2. The first kappa shape index (κ1) is 14.4. The quantitative estimate of drug-likeness (QED) is 0.847. The molecule has 0 heterocycles. The number of nitrogens with one attached hydrogen (secondary N) is 1. The summed E-state index contributed by atoms with van der Waals surface area (Å²) in [6.45, 7) is 2.41. The van der Waals surface area contributed by atoms with E-state index in [0.29, 0.717) is 23.5 Å². The number of rotatable bonds is 3. The van der Waals surface area contributed by atoms with Gasteiger partial charge in [-0.2, -0.15) is 5.26 Å². The van der Waals surface area contributed by atoms with Crippen LogP contribution in [0.25, 0.3) is 0 Å². The fraction of sp³-hybridized carbons (Fsp3) is 0.125. The van der Waals surface area contributed by atoms with E-state index in [4.69, 9.17) is 11.0 Å². The normalized spacial score (nSPS) is 9.71. The van der Waals surface area contributed by atoms with E-state index in [1.165, 1.54) is 0 Å². The highest BCUT2D eigenvalue weighted by molar-refractivity contribution is 6.01. The van der Waals surface area contributed by atoms with Crippen LogP contribution in [0.2, 0.25) is 0 Å². The molecule has 0 saturated carbocycles. The zero-order valence-corrected chi connectivity index (χ0v) is 11.7. The summed E-state index contributed by atoms with van der Waals surface area (Å²) >= 11 is 0. The molecule has 0 bridgehead atoms. The lowest BCUT2D eigenvalue weighted by atomic mass is 10.2. The third-order valence-electron chi connectivity index (χ3n) is 3.01. The number of nitrogens with zero attached hydrogens (tertiary/aromatic N) is 2. The molecule has 0 atom stereocenters. The number of anilines is 3. The molecule has 2 aromatic rings. The molecule has 21 heavy (non-hydrogen) atoms. The molecule has 106 valence electrons. The number of benzene rings is 2. The number of amides is 2. The van der Waals surface area contributed by atoms with Crippen molar-refractivity contribution in [2.75, 3.05) is 22.5 Å². The van der Waals surface area contributed by atoms with Crippen molar-refractivity contribution >= 4 is 23.1 Å². The third kappa shape index (κ3) is 3.51. The van der Waals surface area contributed by atoms with Gasteiger partial charge >= 0.3 is 6.03 Å². The zero-order valence-electron chi connectivity index (χ0n) is 11.7. The molecular formula is C16H16N4O. The third-order valence-corrected chi connectivity index (χ3v) is 3.01. The summed E-state index contributed by atoms with van der Waals surface area (Å²) in [5.74, 6) is 0. The summed E-state index contributed by atoms with van der Waals surface area (Å²) in [7, 11) is 0. The van der Waals surface area contributed by atoms with Crippen LogP contribution in [0.3, 0.4) is 0 Å². The molecular weight excluding hydrogens is 264 g/mol. The predicted octanol–water partition coefficient (Wildman–Crippen LogP) is 3.20. The molecule has 2 rings (SSSR count). The minimum absolute atomic E-state index is 0.243. The van der Waals surface area contributed by atoms with Gasteiger partial charge in [0.2, 0.25) is 0 Å². The van der Waals surface area contributed by atoms with E-state index < -0.39 is 0 Å². The maximum absolute atomic E-state index is 12.3. The summed E-state index contributed by atoms with van der Waals surface area (Å²) in [6.07, 6.45) is 0. The Bertz CT molecular complexity index is 673. The van der Waals surface area contributed by atoms with Gasteiger partial charge in [0.15, 0.2) is 0 Å². The van der Waals surface area contributed by atoms with Gasteiger partial charge in [0.25, 0.3) is 0 Å². The second-order valence-electron chi connectivity index (χ2n) is 4.46. The van der Waals surface area contributed by atoms with E-state index in [2.05, 4.69) is 5.32 Å². The van der Waals surface area contributed by atoms with Crippen LogP contribution in [0.1, 0.15) is 12.5 Å². The Balaban J connectivity index is 2.15. The Morgan fingerprint density at radius 1 is 1.29 bits per heavy atom. The lowest BCUT2D eigenvalue weighted by Gasteiger charge is -2.21. The van der Waals surface area contributed by atoms with E-state index in [-0.39, 0.29) is 6.03 Å². The fourth-order valence-electron chi connectivity index (χ4n) is 1.96. The van der Waals surface area contributed by atoms with Crippen LogP contribution in [-0.2, 0) is 0 Å². The second kappa shape index (κ2) is 6.44. The molecule has 0 aliphatic carbocycles. The summed E-state index contributed by atoms with van der Waals surface area (Å²) in [4.78, 5) is 13.9. The smallest absolute Gasteiger partial charge is 0.326 e. The number of carbonyl (C=O) groups is 1. The molecule has 0 radical (unpaired) electrons. The van der Waals surface area contributed by atoms with Crippen molar-refractivity contribution in [3.8, 4) is 6.07 Å². The highest BCUT2D eigenvalue weighted by Crippen LogP contribution is 2.19. The van der Waals surface area contributed by atoms with Crippen LogP contribution in [-0.4, -0.2) is 12.6 Å². The van der Waals surface area contributed by atoms with Crippen molar-refractivity contribution in [1.82, 2.24) is 0 Å². The topological polar surface area (TPSA) is 82.2 Å². The monoisotopic (exact) mass is 280 g/mol. The molecule has 2 amide bonds. The summed E-state index contributed by atoms with van der Waals surface area (Å²) in [6, 6.07) is 15.7. The Morgan fingerprint density at radius 2 is 2.00 bits per heavy atom. The lowest BCUT2D eigenvalue weighted by Crippen LogP contribution is -2.34. The largest absolute Gasteiger partial charge is 0.399 e. The van der Waals surface area contributed by atoms with Crippen molar-refractivity contribution in [2.45, 2.75) is 6.92 Å². The SMILES string of the molecule is CCN(C(=O)Nc1ccc(C#N)cc1)c1cccc(N)c1. The molecule has 0 saturated heterocycles. The second-order valence-corrected chi connectivity index (χ2v) is 4.46. The first-order valence-electron chi connectivity index (χ1n) is 6.58. The van der Waals surface area contributed by atoms with Gasteiger partial charge in [0.1, 0.15) is 0 Å². The van der Waals surface area contributed by atoms with Gasteiger partial charge < -0.3 is 11.1 Å². The first-order chi connectivity index (χ1) is 10.1. The van der Waals surface area contributed by atoms with E-state index in [1.807, 2.05) is 25.1 Å². The van der Waals surface area contributed by atoms with E-state index >= 15 is 0 Å². The predicted molar refractivity (Wildman–Crippen MR) is 84.1 cm³/mol. The van der Waals surface area contributed by atoms with E-state index in [1.54, 1.807) is 41.3 Å². The average molecular weight is 280 g/mol. The van der Waals surface area contributed by atoms with Gasteiger partial charge in [-0.3, -0.25) is 4.90 Å². The highest BCUT2D eigenvalue weighted by Gasteiger charge is 2.14. The van der Waals surface area contributed by atoms with Crippen molar-refractivity contribution in [3.05, 3.63) is 54.1 Å². The van der Waals surface area contributed by atoms with Crippen LogP contribution >= 0.6 is 0 Å². The molecule has 0 unspecified atom stereocenters. The van der Waals surface area contributed by atoms with E-state index in [0.717, 1.165) is 5.69 Å². The molecule has 5 nitrogen and oxygen atoms in total. The molecule has 0 fully saturated rings. The van der Waals surface area contributed by atoms with Crippen molar-refractivity contribution in [1.29, 1.82) is 5.26 Å². The number of nitrogens with two attached hydrogens (primary N) is 1. The Hall–Kier alpha value is -3.00. The maximum atomic E-state index is 12.3. The molecule has 0 spiro atoms. The molecule has 5 heteroatoms. The molecule has 3 N–H and O–H groups in total. The van der Waals surface area contributed by atoms with Crippen LogP contribution < -0.4 is 16.0 Å². The summed E-state index contributed by atoms with van der Waals surface area (Å²) < 4.78 is 0. The number of carbonyl (C=O) groups excluding carboxylic acids is 1.